The first kappa shape index (κ1) is 19.3. The maximum Gasteiger partial charge on any atom is 0.104 e. The van der Waals surface area contributed by atoms with Crippen molar-refractivity contribution in [2.24, 2.45) is 5.92 Å². The molecule has 0 spiro atoms. The highest BCUT2D eigenvalue weighted by Crippen LogP contribution is 2.28. The van der Waals surface area contributed by atoms with E-state index in [9.17, 15) is 5.11 Å². The lowest BCUT2D eigenvalue weighted by Crippen LogP contribution is -2.19. The molecule has 0 radical (unpaired) electrons. The molecule has 1 N–H and O–H groups in total. The zero-order chi connectivity index (χ0) is 18.5. The van der Waals surface area contributed by atoms with Crippen LogP contribution < -0.4 is 0 Å². The number of aromatic nitrogens is 2. The molecule has 0 aliphatic heterocycles. The zero-order valence-electron chi connectivity index (χ0n) is 14.3. The SMILES string of the molecule is CC(Cn1ccnc1)C(O)SCc1ccc(Cl)cc1Cl.c1cc2ccc1=2. The molecule has 1 aromatic carbocycles. The highest BCUT2D eigenvalue weighted by atomic mass is 35.5. The Morgan fingerprint density at radius 1 is 1.12 bits per heavy atom. The Hall–Kier alpha value is -1.46. The third-order valence-electron chi connectivity index (χ3n) is 4.19. The summed E-state index contributed by atoms with van der Waals surface area (Å²) < 4.78 is 1.96. The topological polar surface area (TPSA) is 38.0 Å². The first-order chi connectivity index (χ1) is 12.5. The van der Waals surface area contributed by atoms with Gasteiger partial charge in [0.2, 0.25) is 0 Å². The van der Waals surface area contributed by atoms with Crippen LogP contribution in [0.5, 0.6) is 0 Å². The van der Waals surface area contributed by atoms with E-state index in [1.807, 2.05) is 29.8 Å². The fourth-order valence-corrected chi connectivity index (χ4v) is 4.03. The molecule has 2 aliphatic rings. The molecule has 0 saturated heterocycles. The fraction of sp³-hybridized carbons (Fsp3) is 0.250. The van der Waals surface area contributed by atoms with Crippen LogP contribution in [-0.2, 0) is 12.3 Å². The minimum absolute atomic E-state index is 0.125. The normalized spacial score (nSPS) is 13.5. The van der Waals surface area contributed by atoms with Gasteiger partial charge in [0.25, 0.3) is 0 Å². The third-order valence-corrected chi connectivity index (χ3v) is 6.06. The molecule has 2 unspecified atom stereocenters. The summed E-state index contributed by atoms with van der Waals surface area (Å²) in [7, 11) is 0. The van der Waals surface area contributed by atoms with Crippen molar-refractivity contribution >= 4 is 35.0 Å². The Morgan fingerprint density at radius 2 is 1.81 bits per heavy atom. The number of halogens is 2. The zero-order valence-corrected chi connectivity index (χ0v) is 16.7. The van der Waals surface area contributed by atoms with Crippen molar-refractivity contribution in [2.45, 2.75) is 24.7 Å². The van der Waals surface area contributed by atoms with E-state index in [0.717, 1.165) is 12.1 Å². The monoisotopic (exact) mass is 406 g/mol. The van der Waals surface area contributed by atoms with E-state index < -0.39 is 5.44 Å². The van der Waals surface area contributed by atoms with E-state index in [1.165, 1.54) is 22.2 Å². The molecule has 0 amide bonds. The average Bonchev–Trinajstić information content (AvgIpc) is 3.10. The van der Waals surface area contributed by atoms with Gasteiger partial charge in [-0.05, 0) is 28.1 Å². The van der Waals surface area contributed by atoms with Crippen LogP contribution in [0.15, 0.2) is 61.2 Å². The number of imidazole rings is 1. The van der Waals surface area contributed by atoms with Gasteiger partial charge in [0.15, 0.2) is 0 Å². The molecular weight excluding hydrogens is 387 g/mol. The van der Waals surface area contributed by atoms with Crippen LogP contribution in [-0.4, -0.2) is 20.1 Å². The predicted octanol–water partition coefficient (Wildman–Crippen LogP) is 5.36. The quantitative estimate of drug-likeness (QED) is 0.437. The molecule has 26 heavy (non-hydrogen) atoms. The number of hydrogen-bond donors (Lipinski definition) is 1. The standard InChI is InChI=1S/C14H16Cl2N2OS.C6H4/c1-10(7-18-5-4-17-9-18)14(19)20-8-11-2-3-12(15)6-13(11)16;1-2-6-4-3-5(1)6/h2-6,9-10,14,19H,7-8H2,1H3;1-4H. The summed E-state index contributed by atoms with van der Waals surface area (Å²) >= 11 is 13.4. The lowest BCUT2D eigenvalue weighted by molar-refractivity contribution is 0.188. The first-order valence-corrected chi connectivity index (χ1v) is 10.1. The van der Waals surface area contributed by atoms with E-state index in [0.29, 0.717) is 15.8 Å². The lowest BCUT2D eigenvalue weighted by atomic mass is 10.1. The van der Waals surface area contributed by atoms with E-state index in [1.54, 1.807) is 18.6 Å². The van der Waals surface area contributed by atoms with E-state index in [2.05, 4.69) is 29.2 Å². The highest BCUT2D eigenvalue weighted by molar-refractivity contribution is 7.98. The first-order valence-electron chi connectivity index (χ1n) is 8.32. The van der Waals surface area contributed by atoms with Crippen LogP contribution in [0.4, 0.5) is 0 Å². The molecule has 2 aromatic rings. The number of hydrogen-bond acceptors (Lipinski definition) is 3. The molecule has 6 heteroatoms. The Labute approximate surface area is 167 Å². The minimum atomic E-state index is -0.454. The summed E-state index contributed by atoms with van der Waals surface area (Å²) in [5, 5.41) is 14.3. The molecule has 0 saturated carbocycles. The molecule has 3 nitrogen and oxygen atoms in total. The molecule has 136 valence electrons. The van der Waals surface area contributed by atoms with Crippen molar-refractivity contribution in [1.29, 1.82) is 0 Å². The van der Waals surface area contributed by atoms with Crippen LogP contribution in [0.2, 0.25) is 10.0 Å². The maximum atomic E-state index is 10.2. The van der Waals surface area contributed by atoms with Gasteiger partial charge in [-0.2, -0.15) is 0 Å². The Balaban J connectivity index is 0.000000269. The van der Waals surface area contributed by atoms with Crippen LogP contribution >= 0.6 is 35.0 Å². The summed E-state index contributed by atoms with van der Waals surface area (Å²) in [5.74, 6) is 0.783. The largest absolute Gasteiger partial charge is 0.382 e. The number of aliphatic hydroxyl groups is 1. The van der Waals surface area contributed by atoms with Crippen molar-refractivity contribution in [3.05, 3.63) is 87.2 Å². The molecule has 2 atom stereocenters. The van der Waals surface area contributed by atoms with Crippen molar-refractivity contribution < 1.29 is 5.11 Å². The maximum absolute atomic E-state index is 10.2. The van der Waals surface area contributed by atoms with Gasteiger partial charge < -0.3 is 9.67 Å². The highest BCUT2D eigenvalue weighted by Gasteiger charge is 2.16. The Morgan fingerprint density at radius 3 is 2.31 bits per heavy atom. The number of aliphatic hydroxyl groups excluding tert-OH is 1. The number of benzene rings is 2. The van der Waals surface area contributed by atoms with Crippen molar-refractivity contribution in [3.63, 3.8) is 0 Å². The smallest absolute Gasteiger partial charge is 0.104 e. The van der Waals surface area contributed by atoms with Gasteiger partial charge in [-0.1, -0.05) is 60.5 Å². The van der Waals surface area contributed by atoms with Gasteiger partial charge in [0.05, 0.1) is 6.33 Å². The molecule has 1 aromatic heterocycles. The van der Waals surface area contributed by atoms with Gasteiger partial charge in [-0.25, -0.2) is 4.98 Å². The number of thioether (sulfide) groups is 1. The Bertz CT molecular complexity index is 896. The molecule has 4 rings (SSSR count). The lowest BCUT2D eigenvalue weighted by Gasteiger charge is -2.19. The average molecular weight is 407 g/mol. The van der Waals surface area contributed by atoms with Crippen molar-refractivity contribution in [1.82, 2.24) is 9.55 Å². The number of rotatable bonds is 6. The van der Waals surface area contributed by atoms with Crippen LogP contribution in [0.1, 0.15) is 12.5 Å². The summed E-state index contributed by atoms with van der Waals surface area (Å²) in [6.07, 6.45) is 5.38. The van der Waals surface area contributed by atoms with Gasteiger partial charge in [0, 0.05) is 40.7 Å². The van der Waals surface area contributed by atoms with Gasteiger partial charge in [-0.15, -0.1) is 11.8 Å². The molecule has 0 fully saturated rings. The van der Waals surface area contributed by atoms with E-state index >= 15 is 0 Å². The summed E-state index contributed by atoms with van der Waals surface area (Å²) in [4.78, 5) is 3.99. The molecule has 1 heterocycles. The molecular formula is C20H20Cl2N2OS. The van der Waals surface area contributed by atoms with E-state index in [-0.39, 0.29) is 5.92 Å². The second kappa shape index (κ2) is 8.96. The summed E-state index contributed by atoms with van der Waals surface area (Å²) in [5.41, 5.74) is 0.527. The van der Waals surface area contributed by atoms with Crippen LogP contribution in [0.25, 0.3) is 0 Å². The van der Waals surface area contributed by atoms with Crippen LogP contribution in [0.3, 0.4) is 0 Å². The summed E-state index contributed by atoms with van der Waals surface area (Å²) in [6, 6.07) is 13.9. The summed E-state index contributed by atoms with van der Waals surface area (Å²) in [6.45, 7) is 2.75. The van der Waals surface area contributed by atoms with Gasteiger partial charge >= 0.3 is 0 Å². The minimum Gasteiger partial charge on any atom is -0.382 e. The Kier molecular flexibility index (Phi) is 6.65. The fourth-order valence-electron chi connectivity index (χ4n) is 2.46. The second-order valence-electron chi connectivity index (χ2n) is 6.25. The van der Waals surface area contributed by atoms with E-state index in [4.69, 9.17) is 23.2 Å². The molecule has 0 bridgehead atoms. The second-order valence-corrected chi connectivity index (χ2v) is 8.20. The van der Waals surface area contributed by atoms with Crippen molar-refractivity contribution in [2.75, 3.05) is 0 Å². The van der Waals surface area contributed by atoms with Crippen LogP contribution in [0, 0.1) is 16.4 Å². The third kappa shape index (κ3) is 5.04. The predicted molar refractivity (Wildman–Crippen MR) is 109 cm³/mol. The number of nitrogens with zero attached hydrogens (tertiary/aromatic N) is 2. The van der Waals surface area contributed by atoms with Gasteiger partial charge in [-0.3, -0.25) is 0 Å². The van der Waals surface area contributed by atoms with Gasteiger partial charge in [0.1, 0.15) is 5.44 Å². The molecule has 2 aliphatic carbocycles. The van der Waals surface area contributed by atoms with Crippen molar-refractivity contribution in [3.8, 4) is 0 Å².